The Balaban J connectivity index is 1.35. The maximum absolute atomic E-state index is 8.65. The van der Waals surface area contributed by atoms with E-state index in [0.29, 0.717) is 16.7 Å². The highest BCUT2D eigenvalue weighted by molar-refractivity contribution is 6.23. The van der Waals surface area contributed by atoms with Gasteiger partial charge in [0.25, 0.3) is 0 Å². The lowest BCUT2D eigenvalue weighted by Crippen LogP contribution is -1.91. The highest BCUT2D eigenvalue weighted by Gasteiger charge is 2.19. The van der Waals surface area contributed by atoms with Crippen molar-refractivity contribution in [3.63, 3.8) is 0 Å². The van der Waals surface area contributed by atoms with Crippen LogP contribution in [0.15, 0.2) is 174 Å². The second-order valence-electron chi connectivity index (χ2n) is 11.3. The van der Waals surface area contributed by atoms with E-state index in [1.807, 2.05) is 36.4 Å². The van der Waals surface area contributed by atoms with Crippen molar-refractivity contribution in [2.45, 2.75) is 0 Å². The number of hydrogen-bond acceptors (Lipinski definition) is 1. The van der Waals surface area contributed by atoms with Gasteiger partial charge < -0.3 is 4.42 Å². The molecule has 8 aromatic carbocycles. The van der Waals surface area contributed by atoms with Crippen molar-refractivity contribution in [2.24, 2.45) is 0 Å². The van der Waals surface area contributed by atoms with Crippen molar-refractivity contribution in [3.05, 3.63) is 170 Å². The summed E-state index contributed by atoms with van der Waals surface area (Å²) in [7, 11) is 0. The van der Waals surface area contributed by atoms with Gasteiger partial charge in [-0.3, -0.25) is 0 Å². The summed E-state index contributed by atoms with van der Waals surface area (Å²) >= 11 is 0. The molecule has 0 unspecified atom stereocenters. The molecule has 1 heteroatoms. The van der Waals surface area contributed by atoms with Gasteiger partial charge in [-0.2, -0.15) is 0 Å². The zero-order valence-electron chi connectivity index (χ0n) is 29.2. The number of rotatable bonds is 4. The Labute approximate surface area is 268 Å². The Morgan fingerprint density at radius 3 is 1.69 bits per heavy atom. The Bertz CT molecular complexity index is 2780. The van der Waals surface area contributed by atoms with E-state index < -0.39 is 6.04 Å². The summed E-state index contributed by atoms with van der Waals surface area (Å²) in [5, 5.41) is 6.38. The minimum Gasteiger partial charge on any atom is -0.455 e. The zero-order valence-corrected chi connectivity index (χ0v) is 24.2. The predicted octanol–water partition coefficient (Wildman–Crippen LogP) is 12.6. The maximum Gasteiger partial charge on any atom is 0.143 e. The number of fused-ring (bicyclic) bond motifs is 5. The Morgan fingerprint density at radius 2 is 0.978 bits per heavy atom. The van der Waals surface area contributed by atoms with Gasteiger partial charge in [-0.05, 0) is 72.6 Å². The minimum atomic E-state index is -0.419. The predicted molar refractivity (Wildman–Crippen MR) is 190 cm³/mol. The monoisotopic (exact) mass is 577 g/mol. The van der Waals surface area contributed by atoms with Crippen LogP contribution < -0.4 is 0 Å². The van der Waals surface area contributed by atoms with Gasteiger partial charge in [0.1, 0.15) is 11.2 Å². The molecule has 0 saturated heterocycles. The van der Waals surface area contributed by atoms with E-state index in [9.17, 15) is 0 Å². The molecule has 0 spiro atoms. The molecule has 1 nitrogen and oxygen atoms in total. The fourth-order valence-electron chi connectivity index (χ4n) is 6.85. The Kier molecular flexibility index (Phi) is 4.81. The third kappa shape index (κ3) is 4.09. The van der Waals surface area contributed by atoms with Crippen molar-refractivity contribution >= 4 is 43.5 Å². The molecule has 0 aliphatic carbocycles. The third-order valence-corrected chi connectivity index (χ3v) is 8.75. The maximum atomic E-state index is 8.65. The molecule has 9 rings (SSSR count). The average molecular weight is 578 g/mol. The van der Waals surface area contributed by atoms with Gasteiger partial charge in [0.15, 0.2) is 0 Å². The molecule has 0 amide bonds. The standard InChI is InChI=1S/C44H28O/c1-4-14-29(15-5-1)34-23-12-24-38-43-33(22-13-25-40(43)45-44(34)38)32-26-27-37-39(28-32)42(31-18-8-3-9-19-31)36-21-11-10-20-35(36)41(37)30-16-6-2-7-17-30/h1-28H/i1D,4D,5D,14D,15D. The highest BCUT2D eigenvalue weighted by Crippen LogP contribution is 2.46. The van der Waals surface area contributed by atoms with Crippen molar-refractivity contribution in [1.29, 1.82) is 0 Å². The fraction of sp³-hybridized carbons (Fsp3) is 0. The van der Waals surface area contributed by atoms with Crippen LogP contribution in [-0.4, -0.2) is 0 Å². The van der Waals surface area contributed by atoms with Crippen LogP contribution in [0.2, 0.25) is 0 Å². The van der Waals surface area contributed by atoms with Crippen LogP contribution >= 0.6 is 0 Å². The van der Waals surface area contributed by atoms with Crippen molar-refractivity contribution in [3.8, 4) is 44.5 Å². The lowest BCUT2D eigenvalue weighted by molar-refractivity contribution is 0.670. The molecule has 45 heavy (non-hydrogen) atoms. The largest absolute Gasteiger partial charge is 0.455 e. The van der Waals surface area contributed by atoms with E-state index in [2.05, 4.69) is 97.1 Å². The normalized spacial score (nSPS) is 13.1. The smallest absolute Gasteiger partial charge is 0.143 e. The van der Waals surface area contributed by atoms with E-state index in [0.717, 1.165) is 43.8 Å². The summed E-state index contributed by atoms with van der Waals surface area (Å²) in [6.07, 6.45) is 0. The Morgan fingerprint density at radius 1 is 0.400 bits per heavy atom. The molecule has 0 saturated carbocycles. The summed E-state index contributed by atoms with van der Waals surface area (Å²) in [5.41, 5.74) is 8.39. The first kappa shape index (κ1) is 20.9. The van der Waals surface area contributed by atoms with Gasteiger partial charge in [-0.15, -0.1) is 0 Å². The van der Waals surface area contributed by atoms with E-state index >= 15 is 0 Å². The van der Waals surface area contributed by atoms with Crippen LogP contribution in [0.3, 0.4) is 0 Å². The lowest BCUT2D eigenvalue weighted by atomic mass is 9.84. The fourth-order valence-corrected chi connectivity index (χ4v) is 6.85. The van der Waals surface area contributed by atoms with E-state index in [1.54, 1.807) is 6.07 Å². The van der Waals surface area contributed by atoms with Crippen LogP contribution in [0.5, 0.6) is 0 Å². The van der Waals surface area contributed by atoms with Crippen molar-refractivity contribution < 1.29 is 11.3 Å². The second-order valence-corrected chi connectivity index (χ2v) is 11.3. The van der Waals surface area contributed by atoms with Crippen LogP contribution in [-0.2, 0) is 0 Å². The summed E-state index contributed by atoms with van der Waals surface area (Å²) in [6.45, 7) is 0. The number of furan rings is 1. The molecule has 0 radical (unpaired) electrons. The number of benzene rings is 8. The lowest BCUT2D eigenvalue weighted by Gasteiger charge is -2.19. The van der Waals surface area contributed by atoms with E-state index in [1.165, 1.54) is 21.9 Å². The quantitative estimate of drug-likeness (QED) is 0.190. The summed E-state index contributed by atoms with van der Waals surface area (Å²) in [4.78, 5) is 0. The average Bonchev–Trinajstić information content (AvgIpc) is 3.56. The third-order valence-electron chi connectivity index (χ3n) is 8.75. The van der Waals surface area contributed by atoms with Gasteiger partial charge in [-0.1, -0.05) is 158 Å². The van der Waals surface area contributed by atoms with Gasteiger partial charge in [0.05, 0.1) is 6.85 Å². The molecule has 0 aliphatic heterocycles. The highest BCUT2D eigenvalue weighted by atomic mass is 16.3. The molecule has 0 fully saturated rings. The summed E-state index contributed by atoms with van der Waals surface area (Å²) in [6, 6.07) is 46.3. The second kappa shape index (κ2) is 10.4. The molecule has 1 aromatic heterocycles. The van der Waals surface area contributed by atoms with Crippen LogP contribution in [0.1, 0.15) is 6.85 Å². The van der Waals surface area contributed by atoms with Gasteiger partial charge in [0, 0.05) is 16.3 Å². The molecule has 0 atom stereocenters. The topological polar surface area (TPSA) is 13.1 Å². The van der Waals surface area contributed by atoms with Crippen molar-refractivity contribution in [2.75, 3.05) is 0 Å². The van der Waals surface area contributed by atoms with Gasteiger partial charge in [0.2, 0.25) is 0 Å². The number of para-hydroxylation sites is 1. The minimum absolute atomic E-state index is 0.126. The first-order chi connectivity index (χ1) is 24.4. The van der Waals surface area contributed by atoms with Gasteiger partial charge in [-0.25, -0.2) is 0 Å². The van der Waals surface area contributed by atoms with E-state index in [4.69, 9.17) is 11.3 Å². The zero-order chi connectivity index (χ0) is 34.1. The van der Waals surface area contributed by atoms with Crippen LogP contribution in [0, 0.1) is 0 Å². The Hall–Kier alpha value is -5.92. The van der Waals surface area contributed by atoms with E-state index in [-0.39, 0.29) is 29.7 Å². The van der Waals surface area contributed by atoms with Crippen molar-refractivity contribution in [1.82, 2.24) is 0 Å². The molecular weight excluding hydrogens is 544 g/mol. The van der Waals surface area contributed by atoms with Crippen LogP contribution in [0.25, 0.3) is 88.0 Å². The SMILES string of the molecule is [2H]c1c([2H])c([2H])c(-c2cccc3c2oc2cccc(-c4ccc5c(-c6ccccc6)c6ccccc6c(-c6ccccc6)c5c4)c23)c([2H])c1[2H]. The molecule has 210 valence electrons. The molecule has 0 aliphatic rings. The first-order valence-corrected chi connectivity index (χ1v) is 15.0. The molecule has 1 heterocycles. The van der Waals surface area contributed by atoms with Crippen LogP contribution in [0.4, 0.5) is 0 Å². The first-order valence-electron chi connectivity index (χ1n) is 17.5. The number of hydrogen-bond donors (Lipinski definition) is 0. The van der Waals surface area contributed by atoms with Gasteiger partial charge >= 0.3 is 0 Å². The summed E-state index contributed by atoms with van der Waals surface area (Å²) < 4.78 is 48.4. The molecule has 9 aromatic rings. The molecule has 0 bridgehead atoms. The molecule has 0 N–H and O–H groups in total. The molecular formula is C44H28O. The summed E-state index contributed by atoms with van der Waals surface area (Å²) in [5.74, 6) is 0.